The van der Waals surface area contributed by atoms with E-state index in [0.29, 0.717) is 21.6 Å². The Balaban J connectivity index is 2.74. The van der Waals surface area contributed by atoms with Crippen molar-refractivity contribution in [2.75, 3.05) is 0 Å². The number of benzene rings is 1. The Kier molecular flexibility index (Phi) is 1.79. The zero-order valence-corrected chi connectivity index (χ0v) is 7.66. The van der Waals surface area contributed by atoms with Crippen molar-refractivity contribution in [2.24, 2.45) is 0 Å². The van der Waals surface area contributed by atoms with Crippen LogP contribution in [-0.4, -0.2) is 9.77 Å². The van der Waals surface area contributed by atoms with E-state index in [4.69, 9.17) is 0 Å². The maximum atomic E-state index is 13.5. The Hall–Kier alpha value is -1.38. The molecule has 0 spiro atoms. The number of para-hydroxylation sites is 2. The monoisotopic (exact) mass is 178 g/mol. The van der Waals surface area contributed by atoms with E-state index < -0.39 is 0 Å². The summed E-state index contributed by atoms with van der Waals surface area (Å²) in [5.41, 5.74) is 1.26. The fourth-order valence-corrected chi connectivity index (χ4v) is 1.37. The van der Waals surface area contributed by atoms with E-state index >= 15 is 0 Å². The highest BCUT2D eigenvalue weighted by Crippen LogP contribution is 2.20. The molecule has 0 aliphatic rings. The van der Waals surface area contributed by atoms with Crippen LogP contribution >= 0.6 is 0 Å². The molecule has 13 heavy (non-hydrogen) atoms. The lowest BCUT2D eigenvalue weighted by molar-refractivity contribution is 0.359. The van der Waals surface area contributed by atoms with Crippen molar-refractivity contribution in [3.05, 3.63) is 30.1 Å². The summed E-state index contributed by atoms with van der Waals surface area (Å²) in [5, 5.41) is 0. The third kappa shape index (κ3) is 1.20. The highest BCUT2D eigenvalue weighted by molar-refractivity contribution is 5.75. The van der Waals surface area contributed by atoms with Gasteiger partial charge in [-0.25, -0.2) is 4.98 Å². The predicted octanol–water partition coefficient (Wildman–Crippen LogP) is 2.89. The molecular weight excluding hydrogens is 167 g/mol. The van der Waals surface area contributed by atoms with Crippen LogP contribution in [0.15, 0.2) is 24.3 Å². The summed E-state index contributed by atoms with van der Waals surface area (Å²) >= 11 is 0. The molecule has 0 atom stereocenters. The molecule has 0 aliphatic carbocycles. The first-order valence-corrected chi connectivity index (χ1v) is 4.33. The topological polar surface area (TPSA) is 17.8 Å². The zero-order chi connectivity index (χ0) is 9.42. The molecule has 0 bridgehead atoms. The standard InChI is InChI=1S/C10H11FN2/c1-7(2)10-12-8-5-3-4-6-9(8)13(10)11/h3-7H,1-2H3. The zero-order valence-electron chi connectivity index (χ0n) is 7.66. The highest BCUT2D eigenvalue weighted by atomic mass is 19.2. The van der Waals surface area contributed by atoms with Crippen molar-refractivity contribution in [3.8, 4) is 0 Å². The van der Waals surface area contributed by atoms with Crippen LogP contribution in [0, 0.1) is 0 Å². The minimum Gasteiger partial charge on any atom is -0.230 e. The summed E-state index contributed by atoms with van der Waals surface area (Å²) in [4.78, 5) is 4.87. The smallest absolute Gasteiger partial charge is 0.143 e. The number of aromatic nitrogens is 2. The molecule has 0 unspecified atom stereocenters. The number of halogens is 1. The van der Waals surface area contributed by atoms with Gasteiger partial charge in [0, 0.05) is 5.92 Å². The van der Waals surface area contributed by atoms with Crippen LogP contribution in [-0.2, 0) is 0 Å². The summed E-state index contributed by atoms with van der Waals surface area (Å²) in [5.74, 6) is 0.596. The number of fused-ring (bicyclic) bond motifs is 1. The van der Waals surface area contributed by atoms with Gasteiger partial charge in [-0.1, -0.05) is 30.5 Å². The van der Waals surface area contributed by atoms with Gasteiger partial charge in [0.15, 0.2) is 0 Å². The molecule has 1 aromatic carbocycles. The van der Waals surface area contributed by atoms with Gasteiger partial charge in [-0.2, -0.15) is 4.79 Å². The van der Waals surface area contributed by atoms with Gasteiger partial charge >= 0.3 is 0 Å². The van der Waals surface area contributed by atoms with Crippen LogP contribution in [0.2, 0.25) is 0 Å². The fraction of sp³-hybridized carbons (Fsp3) is 0.300. The molecule has 68 valence electrons. The van der Waals surface area contributed by atoms with Crippen molar-refractivity contribution in [2.45, 2.75) is 19.8 Å². The Bertz CT molecular complexity index is 431. The van der Waals surface area contributed by atoms with E-state index in [-0.39, 0.29) is 5.92 Å². The molecule has 0 aliphatic heterocycles. The predicted molar refractivity (Wildman–Crippen MR) is 50.3 cm³/mol. The molecule has 0 amide bonds. The van der Waals surface area contributed by atoms with E-state index in [9.17, 15) is 4.48 Å². The van der Waals surface area contributed by atoms with E-state index in [1.165, 1.54) is 0 Å². The molecule has 0 saturated heterocycles. The van der Waals surface area contributed by atoms with Crippen molar-refractivity contribution < 1.29 is 4.48 Å². The molecule has 2 nitrogen and oxygen atoms in total. The molecule has 0 fully saturated rings. The molecule has 3 heteroatoms. The second-order valence-electron chi connectivity index (χ2n) is 3.39. The highest BCUT2D eigenvalue weighted by Gasteiger charge is 2.12. The number of nitrogens with zero attached hydrogens (tertiary/aromatic N) is 2. The van der Waals surface area contributed by atoms with Crippen molar-refractivity contribution in [3.63, 3.8) is 0 Å². The average molecular weight is 178 g/mol. The summed E-state index contributed by atoms with van der Waals surface area (Å²) in [6, 6.07) is 7.22. The molecule has 0 saturated carbocycles. The lowest BCUT2D eigenvalue weighted by atomic mass is 10.2. The van der Waals surface area contributed by atoms with E-state index in [1.807, 2.05) is 32.0 Å². The minimum absolute atomic E-state index is 0.109. The van der Waals surface area contributed by atoms with Gasteiger partial charge in [-0.3, -0.25) is 0 Å². The normalized spacial score (nSPS) is 11.4. The Morgan fingerprint density at radius 2 is 2.00 bits per heavy atom. The van der Waals surface area contributed by atoms with Gasteiger partial charge < -0.3 is 0 Å². The number of rotatable bonds is 1. The van der Waals surface area contributed by atoms with Gasteiger partial charge in [0.2, 0.25) is 0 Å². The first-order chi connectivity index (χ1) is 6.20. The van der Waals surface area contributed by atoms with E-state index in [0.717, 1.165) is 0 Å². The van der Waals surface area contributed by atoms with Crippen molar-refractivity contribution in [1.29, 1.82) is 0 Å². The second kappa shape index (κ2) is 2.83. The summed E-state index contributed by atoms with van der Waals surface area (Å²) in [6.07, 6.45) is 0. The van der Waals surface area contributed by atoms with E-state index in [2.05, 4.69) is 4.98 Å². The molecule has 1 heterocycles. The van der Waals surface area contributed by atoms with Crippen LogP contribution in [0.1, 0.15) is 25.6 Å². The number of hydrogen-bond donors (Lipinski definition) is 0. The third-order valence-electron chi connectivity index (χ3n) is 2.05. The quantitative estimate of drug-likeness (QED) is 0.656. The summed E-state index contributed by atoms with van der Waals surface area (Å²) < 4.78 is 13.5. The summed E-state index contributed by atoms with van der Waals surface area (Å²) in [6.45, 7) is 3.86. The lowest BCUT2D eigenvalue weighted by Crippen LogP contribution is -1.95. The maximum Gasteiger partial charge on any atom is 0.143 e. The number of hydrogen-bond acceptors (Lipinski definition) is 1. The van der Waals surface area contributed by atoms with Crippen LogP contribution in [0.25, 0.3) is 11.0 Å². The van der Waals surface area contributed by atoms with Gasteiger partial charge in [0.05, 0.1) is 5.52 Å². The van der Waals surface area contributed by atoms with Crippen molar-refractivity contribution >= 4 is 11.0 Å². The number of imidazole rings is 1. The molecule has 0 radical (unpaired) electrons. The van der Waals surface area contributed by atoms with Crippen LogP contribution < -0.4 is 0 Å². The maximum absolute atomic E-state index is 13.5. The summed E-state index contributed by atoms with van der Waals surface area (Å²) in [7, 11) is 0. The lowest BCUT2D eigenvalue weighted by Gasteiger charge is -1.99. The van der Waals surface area contributed by atoms with Gasteiger partial charge in [0.25, 0.3) is 0 Å². The Morgan fingerprint density at radius 3 is 2.62 bits per heavy atom. The third-order valence-corrected chi connectivity index (χ3v) is 2.05. The molecule has 2 rings (SSSR count). The van der Waals surface area contributed by atoms with Crippen LogP contribution in [0.5, 0.6) is 0 Å². The van der Waals surface area contributed by atoms with Crippen molar-refractivity contribution in [1.82, 2.24) is 9.77 Å². The molecular formula is C10H11FN2. The molecule has 0 N–H and O–H groups in total. The second-order valence-corrected chi connectivity index (χ2v) is 3.39. The fourth-order valence-electron chi connectivity index (χ4n) is 1.37. The van der Waals surface area contributed by atoms with Crippen LogP contribution in [0.3, 0.4) is 0 Å². The van der Waals surface area contributed by atoms with E-state index in [1.54, 1.807) is 6.07 Å². The van der Waals surface area contributed by atoms with Gasteiger partial charge in [-0.05, 0) is 12.1 Å². The largest absolute Gasteiger partial charge is 0.230 e. The van der Waals surface area contributed by atoms with Gasteiger partial charge in [-0.15, -0.1) is 0 Å². The first kappa shape index (κ1) is 8.23. The minimum atomic E-state index is 0.109. The molecule has 1 aromatic heterocycles. The Morgan fingerprint density at radius 1 is 1.31 bits per heavy atom. The van der Waals surface area contributed by atoms with Crippen LogP contribution in [0.4, 0.5) is 4.48 Å². The first-order valence-electron chi connectivity index (χ1n) is 4.33. The average Bonchev–Trinajstić information content (AvgIpc) is 2.45. The Labute approximate surface area is 75.9 Å². The van der Waals surface area contributed by atoms with Gasteiger partial charge in [0.1, 0.15) is 11.3 Å². The molecule has 2 aromatic rings. The SMILES string of the molecule is CC(C)c1nc2ccccc2n1F.